The van der Waals surface area contributed by atoms with Gasteiger partial charge in [-0.2, -0.15) is 0 Å². The summed E-state index contributed by atoms with van der Waals surface area (Å²) in [6, 6.07) is 3.82. The Labute approximate surface area is 101 Å². The van der Waals surface area contributed by atoms with E-state index in [1.165, 1.54) is 12.8 Å². The monoisotopic (exact) mass is 234 g/mol. The van der Waals surface area contributed by atoms with Gasteiger partial charge in [0, 0.05) is 25.0 Å². The van der Waals surface area contributed by atoms with Gasteiger partial charge in [-0.3, -0.25) is 4.98 Å². The van der Waals surface area contributed by atoms with E-state index in [1.54, 1.807) is 6.20 Å². The fraction of sp³-hybridized carbons (Fsp3) is 0.500. The van der Waals surface area contributed by atoms with Gasteiger partial charge in [0.2, 0.25) is 0 Å². The first kappa shape index (κ1) is 11.7. The van der Waals surface area contributed by atoms with Crippen LogP contribution in [0.3, 0.4) is 0 Å². The highest BCUT2D eigenvalue weighted by atomic mass is 16.4. The molecular weight excluding hydrogens is 216 g/mol. The molecule has 1 aromatic heterocycles. The first-order chi connectivity index (χ1) is 8.24. The van der Waals surface area contributed by atoms with Crippen molar-refractivity contribution in [1.29, 1.82) is 0 Å². The summed E-state index contributed by atoms with van der Waals surface area (Å²) in [7, 11) is 0. The molecule has 0 spiro atoms. The number of pyridine rings is 1. The molecule has 0 unspecified atom stereocenters. The number of rotatable bonds is 5. The molecule has 2 rings (SSSR count). The molecular formula is C12H18N4O. The lowest BCUT2D eigenvalue weighted by Gasteiger charge is -2.23. The van der Waals surface area contributed by atoms with Crippen LogP contribution < -0.4 is 10.6 Å². The first-order valence-corrected chi connectivity index (χ1v) is 5.93. The van der Waals surface area contributed by atoms with Gasteiger partial charge in [0.05, 0.1) is 0 Å². The highest BCUT2D eigenvalue weighted by molar-refractivity contribution is 5.95. The van der Waals surface area contributed by atoms with Crippen LogP contribution in [0.2, 0.25) is 0 Å². The third-order valence-electron chi connectivity index (χ3n) is 3.04. The Morgan fingerprint density at radius 3 is 3.00 bits per heavy atom. The van der Waals surface area contributed by atoms with Crippen LogP contribution in [-0.4, -0.2) is 29.1 Å². The van der Waals surface area contributed by atoms with Gasteiger partial charge in [0.1, 0.15) is 5.69 Å². The molecule has 5 heteroatoms. The van der Waals surface area contributed by atoms with Crippen molar-refractivity contribution in [1.82, 2.24) is 4.98 Å². The van der Waals surface area contributed by atoms with Crippen molar-refractivity contribution < 1.29 is 5.21 Å². The van der Waals surface area contributed by atoms with Gasteiger partial charge >= 0.3 is 0 Å². The van der Waals surface area contributed by atoms with Crippen molar-refractivity contribution in [3.8, 4) is 0 Å². The number of hydrogen-bond donors (Lipinski definition) is 2. The summed E-state index contributed by atoms with van der Waals surface area (Å²) in [5, 5.41) is 11.6. The highest BCUT2D eigenvalue weighted by Crippen LogP contribution is 2.31. The number of aromatic nitrogens is 1. The molecule has 17 heavy (non-hydrogen) atoms. The zero-order valence-corrected chi connectivity index (χ0v) is 10.0. The van der Waals surface area contributed by atoms with E-state index in [9.17, 15) is 0 Å². The van der Waals surface area contributed by atoms with Crippen molar-refractivity contribution in [3.05, 3.63) is 24.0 Å². The van der Waals surface area contributed by atoms with Gasteiger partial charge in [-0.15, -0.1) is 0 Å². The van der Waals surface area contributed by atoms with Crippen molar-refractivity contribution in [2.45, 2.75) is 19.8 Å². The Kier molecular flexibility index (Phi) is 3.46. The van der Waals surface area contributed by atoms with Gasteiger partial charge in [-0.1, -0.05) is 5.16 Å². The molecule has 5 nitrogen and oxygen atoms in total. The number of amidine groups is 1. The lowest BCUT2D eigenvalue weighted by Crippen LogP contribution is -2.26. The number of nitrogens with two attached hydrogens (primary N) is 1. The van der Waals surface area contributed by atoms with Crippen LogP contribution in [0.4, 0.5) is 5.69 Å². The molecule has 1 fully saturated rings. The van der Waals surface area contributed by atoms with Gasteiger partial charge in [-0.05, 0) is 37.8 Å². The lowest BCUT2D eigenvalue weighted by molar-refractivity contribution is 0.318. The molecule has 1 aliphatic rings. The van der Waals surface area contributed by atoms with Crippen molar-refractivity contribution in [2.24, 2.45) is 16.8 Å². The summed E-state index contributed by atoms with van der Waals surface area (Å²) in [5.41, 5.74) is 7.13. The van der Waals surface area contributed by atoms with Crippen LogP contribution in [-0.2, 0) is 0 Å². The van der Waals surface area contributed by atoms with Gasteiger partial charge in [0.25, 0.3) is 0 Å². The van der Waals surface area contributed by atoms with Crippen molar-refractivity contribution in [2.75, 3.05) is 18.0 Å². The van der Waals surface area contributed by atoms with Crippen LogP contribution in [0, 0.1) is 5.92 Å². The van der Waals surface area contributed by atoms with E-state index in [0.717, 1.165) is 24.7 Å². The van der Waals surface area contributed by atoms with E-state index < -0.39 is 0 Å². The Morgan fingerprint density at radius 1 is 1.65 bits per heavy atom. The van der Waals surface area contributed by atoms with E-state index in [1.807, 2.05) is 12.1 Å². The van der Waals surface area contributed by atoms with Crippen LogP contribution in [0.25, 0.3) is 0 Å². The molecule has 0 amide bonds. The van der Waals surface area contributed by atoms with Crippen molar-refractivity contribution in [3.63, 3.8) is 0 Å². The Morgan fingerprint density at radius 2 is 2.41 bits per heavy atom. The maximum absolute atomic E-state index is 8.64. The fourth-order valence-electron chi connectivity index (χ4n) is 1.84. The van der Waals surface area contributed by atoms with Crippen LogP contribution >= 0.6 is 0 Å². The first-order valence-electron chi connectivity index (χ1n) is 5.93. The molecule has 0 aromatic carbocycles. The minimum Gasteiger partial charge on any atom is -0.409 e. The van der Waals surface area contributed by atoms with E-state index in [4.69, 9.17) is 10.9 Å². The predicted octanol–water partition coefficient (Wildman–Crippen LogP) is 1.41. The predicted molar refractivity (Wildman–Crippen MR) is 67.4 cm³/mol. The summed E-state index contributed by atoms with van der Waals surface area (Å²) < 4.78 is 0. The summed E-state index contributed by atoms with van der Waals surface area (Å²) in [4.78, 5) is 6.38. The normalized spacial score (nSPS) is 15.9. The van der Waals surface area contributed by atoms with Crippen LogP contribution in [0.5, 0.6) is 0 Å². The molecule has 3 N–H and O–H groups in total. The quantitative estimate of drug-likeness (QED) is 0.349. The molecule has 0 aliphatic heterocycles. The Balaban J connectivity index is 2.17. The number of anilines is 1. The Hall–Kier alpha value is -1.78. The third kappa shape index (κ3) is 2.87. The fourth-order valence-corrected chi connectivity index (χ4v) is 1.84. The van der Waals surface area contributed by atoms with Gasteiger partial charge < -0.3 is 15.8 Å². The summed E-state index contributed by atoms with van der Waals surface area (Å²) in [6.07, 6.45) is 4.35. The zero-order chi connectivity index (χ0) is 12.3. The molecule has 0 saturated heterocycles. The van der Waals surface area contributed by atoms with Gasteiger partial charge in [-0.25, -0.2) is 0 Å². The zero-order valence-electron chi connectivity index (χ0n) is 10.0. The number of hydrogen-bond acceptors (Lipinski definition) is 4. The average Bonchev–Trinajstić information content (AvgIpc) is 3.19. The molecule has 0 atom stereocenters. The molecule has 1 aromatic rings. The van der Waals surface area contributed by atoms with E-state index >= 15 is 0 Å². The summed E-state index contributed by atoms with van der Waals surface area (Å²) in [6.45, 7) is 4.16. The summed E-state index contributed by atoms with van der Waals surface area (Å²) >= 11 is 0. The van der Waals surface area contributed by atoms with E-state index in [2.05, 4.69) is 22.0 Å². The second kappa shape index (κ2) is 5.03. The molecule has 0 bridgehead atoms. The molecule has 1 heterocycles. The highest BCUT2D eigenvalue weighted by Gasteiger charge is 2.24. The van der Waals surface area contributed by atoms with Crippen molar-refractivity contribution >= 4 is 11.5 Å². The van der Waals surface area contributed by atoms with E-state index in [-0.39, 0.29) is 5.84 Å². The standard InChI is InChI=1S/C12H18N4O/c1-2-16(8-9-3-4-9)10-5-6-14-11(7-10)12(13)15-17/h5-7,9,17H,2-4,8H2,1H3,(H2,13,15). The maximum Gasteiger partial charge on any atom is 0.188 e. The van der Waals surface area contributed by atoms with E-state index in [0.29, 0.717) is 5.69 Å². The van der Waals surface area contributed by atoms with Gasteiger partial charge in [0.15, 0.2) is 5.84 Å². The second-order valence-electron chi connectivity index (χ2n) is 4.37. The molecule has 1 aliphatic carbocycles. The second-order valence-corrected chi connectivity index (χ2v) is 4.37. The molecule has 0 radical (unpaired) electrons. The average molecular weight is 234 g/mol. The van der Waals surface area contributed by atoms with Crippen LogP contribution in [0.15, 0.2) is 23.5 Å². The minimum atomic E-state index is 0.0503. The number of oxime groups is 1. The minimum absolute atomic E-state index is 0.0503. The maximum atomic E-state index is 8.64. The smallest absolute Gasteiger partial charge is 0.188 e. The third-order valence-corrected chi connectivity index (χ3v) is 3.04. The molecule has 92 valence electrons. The number of nitrogens with zero attached hydrogens (tertiary/aromatic N) is 3. The molecule has 1 saturated carbocycles. The van der Waals surface area contributed by atoms with Crippen LogP contribution in [0.1, 0.15) is 25.5 Å². The summed E-state index contributed by atoms with van der Waals surface area (Å²) in [5.74, 6) is 0.879. The lowest BCUT2D eigenvalue weighted by atomic mass is 10.2. The Bertz CT molecular complexity index is 415. The topological polar surface area (TPSA) is 74.7 Å². The SMILES string of the molecule is CCN(CC1CC1)c1ccnc(C(N)=NO)c1. The largest absolute Gasteiger partial charge is 0.409 e.